The number of aromatic nitrogens is 3. The summed E-state index contributed by atoms with van der Waals surface area (Å²) in [5.74, 6) is 0.618. The molecule has 0 atom stereocenters. The van der Waals surface area contributed by atoms with Crippen molar-refractivity contribution >= 4 is 17.5 Å². The van der Waals surface area contributed by atoms with Gasteiger partial charge in [-0.1, -0.05) is 0 Å². The zero-order chi connectivity index (χ0) is 17.9. The predicted molar refractivity (Wildman–Crippen MR) is 97.9 cm³/mol. The first-order valence-corrected chi connectivity index (χ1v) is 8.48. The van der Waals surface area contributed by atoms with Crippen LogP contribution in [0.5, 0.6) is 0 Å². The van der Waals surface area contributed by atoms with Crippen LogP contribution in [0.15, 0.2) is 36.8 Å². The second-order valence-corrected chi connectivity index (χ2v) is 7.13. The second-order valence-electron chi connectivity index (χ2n) is 7.13. The summed E-state index contributed by atoms with van der Waals surface area (Å²) < 4.78 is 0. The van der Waals surface area contributed by atoms with Crippen LogP contribution < -0.4 is 15.1 Å². The van der Waals surface area contributed by atoms with Crippen molar-refractivity contribution in [2.24, 2.45) is 0 Å². The Bertz CT molecular complexity index is 720. The van der Waals surface area contributed by atoms with E-state index in [9.17, 15) is 4.79 Å². The third kappa shape index (κ3) is 4.43. The van der Waals surface area contributed by atoms with Crippen molar-refractivity contribution in [1.82, 2.24) is 20.3 Å². The highest BCUT2D eigenvalue weighted by Gasteiger charge is 2.21. The fraction of sp³-hybridized carbons (Fsp3) is 0.444. The van der Waals surface area contributed by atoms with Crippen molar-refractivity contribution in [3.05, 3.63) is 42.5 Å². The summed E-state index contributed by atoms with van der Waals surface area (Å²) >= 11 is 0. The number of carbonyl (C=O) groups excluding carboxylic acids is 1. The number of hydrogen-bond acceptors (Lipinski definition) is 6. The van der Waals surface area contributed by atoms with Gasteiger partial charge in [-0.05, 0) is 39.0 Å². The molecule has 0 saturated carbocycles. The maximum atomic E-state index is 12.3. The molecule has 2 aromatic rings. The highest BCUT2D eigenvalue weighted by molar-refractivity contribution is 5.93. The number of rotatable bonds is 3. The summed E-state index contributed by atoms with van der Waals surface area (Å²) in [6.45, 7) is 9.26. The van der Waals surface area contributed by atoms with E-state index in [2.05, 4.69) is 30.1 Å². The molecule has 25 heavy (non-hydrogen) atoms. The molecule has 7 heteroatoms. The standard InChI is InChI=1S/C18H24N6O/c1-18(2,3)22-16(25)15-13-14(5-8-19-15)23-9-11-24(12-10-23)17-20-6-4-7-21-17/h4-8,13H,9-12H2,1-3H3,(H,22,25). The molecule has 0 unspecified atom stereocenters. The third-order valence-electron chi connectivity index (χ3n) is 3.94. The summed E-state index contributed by atoms with van der Waals surface area (Å²) in [5.41, 5.74) is 1.18. The zero-order valence-electron chi connectivity index (χ0n) is 14.9. The lowest BCUT2D eigenvalue weighted by molar-refractivity contribution is 0.0914. The van der Waals surface area contributed by atoms with Gasteiger partial charge in [0.2, 0.25) is 5.95 Å². The molecule has 132 valence electrons. The molecule has 1 aliphatic heterocycles. The number of piperazine rings is 1. The van der Waals surface area contributed by atoms with Crippen molar-refractivity contribution in [1.29, 1.82) is 0 Å². The minimum Gasteiger partial charge on any atom is -0.368 e. The van der Waals surface area contributed by atoms with Crippen molar-refractivity contribution < 1.29 is 4.79 Å². The number of pyridine rings is 1. The van der Waals surface area contributed by atoms with E-state index in [1.807, 2.05) is 39.0 Å². The average molecular weight is 340 g/mol. The zero-order valence-corrected chi connectivity index (χ0v) is 14.9. The Labute approximate surface area is 148 Å². The van der Waals surface area contributed by atoms with Gasteiger partial charge < -0.3 is 15.1 Å². The van der Waals surface area contributed by atoms with E-state index in [1.54, 1.807) is 18.6 Å². The maximum Gasteiger partial charge on any atom is 0.270 e. The molecule has 0 radical (unpaired) electrons. The van der Waals surface area contributed by atoms with Crippen LogP contribution in [-0.2, 0) is 0 Å². The lowest BCUT2D eigenvalue weighted by Crippen LogP contribution is -2.47. The largest absolute Gasteiger partial charge is 0.368 e. The van der Waals surface area contributed by atoms with E-state index < -0.39 is 0 Å². The maximum absolute atomic E-state index is 12.3. The fourth-order valence-electron chi connectivity index (χ4n) is 2.76. The Morgan fingerprint density at radius 3 is 2.28 bits per heavy atom. The van der Waals surface area contributed by atoms with Gasteiger partial charge in [0.1, 0.15) is 5.69 Å². The lowest BCUT2D eigenvalue weighted by atomic mass is 10.1. The van der Waals surface area contributed by atoms with Crippen molar-refractivity contribution in [3.8, 4) is 0 Å². The fourth-order valence-corrected chi connectivity index (χ4v) is 2.76. The van der Waals surface area contributed by atoms with E-state index in [0.717, 1.165) is 37.8 Å². The molecule has 0 aliphatic carbocycles. The van der Waals surface area contributed by atoms with Gasteiger partial charge in [0, 0.05) is 56.0 Å². The summed E-state index contributed by atoms with van der Waals surface area (Å²) in [6.07, 6.45) is 5.22. The van der Waals surface area contributed by atoms with E-state index in [-0.39, 0.29) is 11.4 Å². The quantitative estimate of drug-likeness (QED) is 0.917. The molecule has 0 aromatic carbocycles. The van der Waals surface area contributed by atoms with Crippen molar-refractivity contribution in [2.45, 2.75) is 26.3 Å². The summed E-state index contributed by atoms with van der Waals surface area (Å²) in [6, 6.07) is 5.62. The number of nitrogens with one attached hydrogen (secondary N) is 1. The van der Waals surface area contributed by atoms with Crippen LogP contribution >= 0.6 is 0 Å². The minimum absolute atomic E-state index is 0.148. The first-order valence-electron chi connectivity index (χ1n) is 8.48. The van der Waals surface area contributed by atoms with E-state index in [4.69, 9.17) is 0 Å². The average Bonchev–Trinajstić information content (AvgIpc) is 2.61. The highest BCUT2D eigenvalue weighted by atomic mass is 16.2. The molecule has 1 fully saturated rings. The topological polar surface area (TPSA) is 74.2 Å². The van der Waals surface area contributed by atoms with Gasteiger partial charge in [-0.25, -0.2) is 9.97 Å². The van der Waals surface area contributed by atoms with Gasteiger partial charge in [0.05, 0.1) is 0 Å². The summed E-state index contributed by atoms with van der Waals surface area (Å²) in [5, 5.41) is 2.95. The number of anilines is 2. The van der Waals surface area contributed by atoms with Crippen LogP contribution in [0.25, 0.3) is 0 Å². The van der Waals surface area contributed by atoms with E-state index in [0.29, 0.717) is 5.69 Å². The smallest absolute Gasteiger partial charge is 0.270 e. The molecule has 1 saturated heterocycles. The normalized spacial score (nSPS) is 15.2. The molecule has 1 N–H and O–H groups in total. The molecular weight excluding hydrogens is 316 g/mol. The Morgan fingerprint density at radius 1 is 1.00 bits per heavy atom. The SMILES string of the molecule is CC(C)(C)NC(=O)c1cc(N2CCN(c3ncccn3)CC2)ccn1. The molecule has 3 heterocycles. The van der Waals surface area contributed by atoms with Crippen molar-refractivity contribution in [2.75, 3.05) is 36.0 Å². The lowest BCUT2D eigenvalue weighted by Gasteiger charge is -2.36. The minimum atomic E-state index is -0.282. The monoisotopic (exact) mass is 340 g/mol. The van der Waals surface area contributed by atoms with Gasteiger partial charge in [-0.15, -0.1) is 0 Å². The van der Waals surface area contributed by atoms with Gasteiger partial charge in [0.25, 0.3) is 5.91 Å². The van der Waals surface area contributed by atoms with Gasteiger partial charge in [0.15, 0.2) is 0 Å². The molecule has 0 bridgehead atoms. The Kier molecular flexibility index (Phi) is 4.83. The van der Waals surface area contributed by atoms with Gasteiger partial charge in [-0.2, -0.15) is 0 Å². The number of amides is 1. The van der Waals surface area contributed by atoms with Crippen LogP contribution in [0.3, 0.4) is 0 Å². The Balaban J connectivity index is 1.66. The number of carbonyl (C=O) groups is 1. The predicted octanol–water partition coefficient (Wildman–Crippen LogP) is 1.73. The van der Waals surface area contributed by atoms with Crippen LogP contribution in [0.1, 0.15) is 31.3 Å². The van der Waals surface area contributed by atoms with E-state index in [1.165, 1.54) is 0 Å². The summed E-state index contributed by atoms with van der Waals surface area (Å²) in [4.78, 5) is 29.6. The molecule has 0 spiro atoms. The molecule has 1 amide bonds. The molecule has 2 aromatic heterocycles. The number of nitrogens with zero attached hydrogens (tertiary/aromatic N) is 5. The van der Waals surface area contributed by atoms with Gasteiger partial charge >= 0.3 is 0 Å². The third-order valence-corrected chi connectivity index (χ3v) is 3.94. The van der Waals surface area contributed by atoms with Crippen LogP contribution in [0, 0.1) is 0 Å². The van der Waals surface area contributed by atoms with Crippen LogP contribution in [-0.4, -0.2) is 52.6 Å². The summed E-state index contributed by atoms with van der Waals surface area (Å²) in [7, 11) is 0. The second kappa shape index (κ2) is 7.04. The molecule has 3 rings (SSSR count). The van der Waals surface area contributed by atoms with Gasteiger partial charge in [-0.3, -0.25) is 9.78 Å². The number of hydrogen-bond donors (Lipinski definition) is 1. The Morgan fingerprint density at radius 2 is 1.64 bits per heavy atom. The molecule has 1 aliphatic rings. The molecule has 7 nitrogen and oxygen atoms in total. The molecular formula is C18H24N6O. The van der Waals surface area contributed by atoms with Crippen LogP contribution in [0.4, 0.5) is 11.6 Å². The van der Waals surface area contributed by atoms with E-state index >= 15 is 0 Å². The Hall–Kier alpha value is -2.70. The first kappa shape index (κ1) is 17.1. The highest BCUT2D eigenvalue weighted by Crippen LogP contribution is 2.19. The van der Waals surface area contributed by atoms with Crippen LogP contribution in [0.2, 0.25) is 0 Å². The first-order chi connectivity index (χ1) is 11.9. The van der Waals surface area contributed by atoms with Crippen molar-refractivity contribution in [3.63, 3.8) is 0 Å².